The van der Waals surface area contributed by atoms with Gasteiger partial charge in [0.05, 0.1) is 6.54 Å². The fourth-order valence-electron chi connectivity index (χ4n) is 2.78. The summed E-state index contributed by atoms with van der Waals surface area (Å²) in [6.45, 7) is 1.04. The number of nitrogens with one attached hydrogen (secondary N) is 2. The second-order valence-corrected chi connectivity index (χ2v) is 6.68. The second-order valence-electron chi connectivity index (χ2n) is 6.27. The summed E-state index contributed by atoms with van der Waals surface area (Å²) in [5.41, 5.74) is 0.879. The topological polar surface area (TPSA) is 51.8 Å². The summed E-state index contributed by atoms with van der Waals surface area (Å²) >= 11 is 5.37. The molecular weight excluding hydrogens is 372 g/mol. The molecular formula is C22H20N2O3S. The first-order valence-corrected chi connectivity index (χ1v) is 9.43. The molecule has 3 aromatic rings. The molecule has 1 aliphatic rings. The standard InChI is InChI=1S/C22H20N2O3S/c28-22(23-14-19-15-25-20-8-4-5-9-21(20)27-19)24-16-10-12-18(13-11-16)26-17-6-2-1-3-7-17/h1-13,19H,14-15H2,(H2,23,24,28). The first-order valence-electron chi connectivity index (χ1n) is 9.02. The Morgan fingerprint density at radius 1 is 0.893 bits per heavy atom. The number of benzene rings is 3. The molecule has 1 atom stereocenters. The zero-order valence-electron chi connectivity index (χ0n) is 15.1. The molecule has 0 spiro atoms. The van der Waals surface area contributed by atoms with Crippen LogP contribution in [0.15, 0.2) is 78.9 Å². The van der Waals surface area contributed by atoms with Crippen molar-refractivity contribution in [2.45, 2.75) is 6.10 Å². The van der Waals surface area contributed by atoms with Crippen LogP contribution >= 0.6 is 12.2 Å². The highest BCUT2D eigenvalue weighted by molar-refractivity contribution is 7.80. The molecule has 1 aliphatic heterocycles. The molecule has 0 aliphatic carbocycles. The highest BCUT2D eigenvalue weighted by Crippen LogP contribution is 2.30. The number of para-hydroxylation sites is 3. The molecule has 6 heteroatoms. The number of ether oxygens (including phenoxy) is 3. The van der Waals surface area contributed by atoms with Crippen molar-refractivity contribution in [2.75, 3.05) is 18.5 Å². The Balaban J connectivity index is 1.25. The van der Waals surface area contributed by atoms with Gasteiger partial charge in [-0.2, -0.15) is 0 Å². The molecule has 2 N–H and O–H groups in total. The van der Waals surface area contributed by atoms with Gasteiger partial charge in [-0.3, -0.25) is 0 Å². The lowest BCUT2D eigenvalue weighted by molar-refractivity contribution is 0.0939. The molecule has 0 amide bonds. The van der Waals surface area contributed by atoms with Crippen molar-refractivity contribution in [3.05, 3.63) is 78.9 Å². The summed E-state index contributed by atoms with van der Waals surface area (Å²) in [6.07, 6.45) is -0.101. The molecule has 142 valence electrons. The number of hydrogen-bond acceptors (Lipinski definition) is 4. The van der Waals surface area contributed by atoms with E-state index < -0.39 is 0 Å². The maximum Gasteiger partial charge on any atom is 0.170 e. The van der Waals surface area contributed by atoms with E-state index in [2.05, 4.69) is 10.6 Å². The largest absolute Gasteiger partial charge is 0.486 e. The Labute approximate surface area is 169 Å². The lowest BCUT2D eigenvalue weighted by atomic mass is 10.2. The average molecular weight is 392 g/mol. The lowest BCUT2D eigenvalue weighted by Gasteiger charge is -2.27. The Kier molecular flexibility index (Phi) is 5.58. The van der Waals surface area contributed by atoms with Crippen LogP contribution in [0.2, 0.25) is 0 Å². The van der Waals surface area contributed by atoms with Crippen LogP contribution in [0.5, 0.6) is 23.0 Å². The first-order chi connectivity index (χ1) is 13.8. The summed E-state index contributed by atoms with van der Waals surface area (Å²) in [5, 5.41) is 6.86. The van der Waals surface area contributed by atoms with Crippen LogP contribution < -0.4 is 24.8 Å². The van der Waals surface area contributed by atoms with Crippen molar-refractivity contribution in [2.24, 2.45) is 0 Å². The number of anilines is 1. The summed E-state index contributed by atoms with van der Waals surface area (Å²) < 4.78 is 17.4. The summed E-state index contributed by atoms with van der Waals surface area (Å²) in [7, 11) is 0. The van der Waals surface area contributed by atoms with Gasteiger partial charge in [0.25, 0.3) is 0 Å². The number of fused-ring (bicyclic) bond motifs is 1. The molecule has 0 bridgehead atoms. The van der Waals surface area contributed by atoms with Crippen molar-refractivity contribution in [3.63, 3.8) is 0 Å². The minimum absolute atomic E-state index is 0.101. The van der Waals surface area contributed by atoms with E-state index in [1.54, 1.807) is 0 Å². The minimum atomic E-state index is -0.101. The van der Waals surface area contributed by atoms with Gasteiger partial charge in [0.15, 0.2) is 16.6 Å². The predicted molar refractivity (Wildman–Crippen MR) is 114 cm³/mol. The van der Waals surface area contributed by atoms with Crippen LogP contribution in [0.3, 0.4) is 0 Å². The molecule has 1 unspecified atom stereocenters. The Morgan fingerprint density at radius 2 is 1.57 bits per heavy atom. The fraction of sp³-hybridized carbons (Fsp3) is 0.136. The van der Waals surface area contributed by atoms with Gasteiger partial charge in [-0.15, -0.1) is 0 Å². The van der Waals surface area contributed by atoms with E-state index in [0.29, 0.717) is 18.3 Å². The lowest BCUT2D eigenvalue weighted by Crippen LogP contribution is -2.42. The van der Waals surface area contributed by atoms with Gasteiger partial charge in [0.1, 0.15) is 24.2 Å². The van der Waals surface area contributed by atoms with Crippen molar-refractivity contribution in [3.8, 4) is 23.0 Å². The average Bonchev–Trinajstić information content (AvgIpc) is 2.74. The van der Waals surface area contributed by atoms with Gasteiger partial charge < -0.3 is 24.8 Å². The van der Waals surface area contributed by atoms with Gasteiger partial charge in [-0.05, 0) is 60.7 Å². The van der Waals surface area contributed by atoms with Crippen molar-refractivity contribution in [1.82, 2.24) is 5.32 Å². The van der Waals surface area contributed by atoms with Crippen LogP contribution in [-0.2, 0) is 0 Å². The molecule has 0 aromatic heterocycles. The van der Waals surface area contributed by atoms with Crippen molar-refractivity contribution in [1.29, 1.82) is 0 Å². The third kappa shape index (κ3) is 4.72. The summed E-state index contributed by atoms with van der Waals surface area (Å²) in [6, 6.07) is 25.0. The highest BCUT2D eigenvalue weighted by atomic mass is 32.1. The van der Waals surface area contributed by atoms with E-state index in [-0.39, 0.29) is 6.10 Å². The van der Waals surface area contributed by atoms with Crippen LogP contribution in [0, 0.1) is 0 Å². The predicted octanol–water partition coefficient (Wildman–Crippen LogP) is 4.61. The van der Waals surface area contributed by atoms with Gasteiger partial charge in [0, 0.05) is 5.69 Å². The molecule has 4 rings (SSSR count). The molecule has 5 nitrogen and oxygen atoms in total. The van der Waals surface area contributed by atoms with Gasteiger partial charge in [0.2, 0.25) is 0 Å². The quantitative estimate of drug-likeness (QED) is 0.619. The highest BCUT2D eigenvalue weighted by Gasteiger charge is 2.20. The smallest absolute Gasteiger partial charge is 0.170 e. The van der Waals surface area contributed by atoms with Gasteiger partial charge in [-0.25, -0.2) is 0 Å². The third-order valence-electron chi connectivity index (χ3n) is 4.15. The molecule has 0 saturated heterocycles. The summed E-state index contributed by atoms with van der Waals surface area (Å²) in [4.78, 5) is 0. The fourth-order valence-corrected chi connectivity index (χ4v) is 2.98. The SMILES string of the molecule is S=C(NCC1COc2ccccc2O1)Nc1ccc(Oc2ccccc2)cc1. The van der Waals surface area contributed by atoms with Gasteiger partial charge >= 0.3 is 0 Å². The molecule has 0 fully saturated rings. The molecule has 0 radical (unpaired) electrons. The van der Waals surface area contributed by atoms with E-state index in [4.69, 9.17) is 26.4 Å². The maximum atomic E-state index is 5.91. The summed E-state index contributed by atoms with van der Waals surface area (Å²) in [5.74, 6) is 3.10. The number of rotatable bonds is 5. The van der Waals surface area contributed by atoms with E-state index >= 15 is 0 Å². The molecule has 28 heavy (non-hydrogen) atoms. The van der Waals surface area contributed by atoms with Crippen LogP contribution in [-0.4, -0.2) is 24.4 Å². The molecule has 1 heterocycles. The molecule has 3 aromatic carbocycles. The molecule has 0 saturated carbocycles. The van der Waals surface area contributed by atoms with Crippen molar-refractivity contribution >= 4 is 23.0 Å². The van der Waals surface area contributed by atoms with Gasteiger partial charge in [-0.1, -0.05) is 30.3 Å². The number of hydrogen-bond donors (Lipinski definition) is 2. The van der Waals surface area contributed by atoms with E-state index in [0.717, 1.165) is 28.7 Å². The Hall–Kier alpha value is -3.25. The Morgan fingerprint density at radius 3 is 2.36 bits per heavy atom. The van der Waals surface area contributed by atoms with Crippen LogP contribution in [0.25, 0.3) is 0 Å². The normalized spacial score (nSPS) is 14.8. The van der Waals surface area contributed by atoms with E-state index in [1.807, 2.05) is 78.9 Å². The van der Waals surface area contributed by atoms with E-state index in [1.165, 1.54) is 0 Å². The van der Waals surface area contributed by atoms with E-state index in [9.17, 15) is 0 Å². The maximum absolute atomic E-state index is 5.91. The van der Waals surface area contributed by atoms with Crippen LogP contribution in [0.4, 0.5) is 5.69 Å². The third-order valence-corrected chi connectivity index (χ3v) is 4.40. The monoisotopic (exact) mass is 392 g/mol. The van der Waals surface area contributed by atoms with Crippen molar-refractivity contribution < 1.29 is 14.2 Å². The Bertz CT molecular complexity index is 932. The first kappa shape index (κ1) is 18.1. The minimum Gasteiger partial charge on any atom is -0.486 e. The zero-order chi connectivity index (χ0) is 19.2. The van der Waals surface area contributed by atoms with Crippen LogP contribution in [0.1, 0.15) is 0 Å². The number of thiocarbonyl (C=S) groups is 1. The zero-order valence-corrected chi connectivity index (χ0v) is 15.9. The second kappa shape index (κ2) is 8.63.